The summed E-state index contributed by atoms with van der Waals surface area (Å²) in [6.45, 7) is 4.29. The van der Waals surface area contributed by atoms with Crippen molar-refractivity contribution >= 4 is 17.7 Å². The molecule has 0 aliphatic carbocycles. The molecule has 0 unspecified atom stereocenters. The molecule has 2 heteroatoms. The normalized spacial score (nSPS) is 10.4. The molecular formula is C16H16N2. The van der Waals surface area contributed by atoms with E-state index >= 15 is 0 Å². The Labute approximate surface area is 108 Å². The fraction of sp³-hybridized carbons (Fsp3) is 0.0625. The van der Waals surface area contributed by atoms with Crippen molar-refractivity contribution in [3.8, 4) is 0 Å². The number of rotatable bonds is 5. The number of hydrogen-bond acceptors (Lipinski definition) is 1. The molecule has 2 rings (SSSR count). The Bertz CT molecular complexity index is 464. The molecule has 0 spiro atoms. The first kappa shape index (κ1) is 12.1. The van der Waals surface area contributed by atoms with Crippen LogP contribution in [0.15, 0.2) is 78.3 Å². The Morgan fingerprint density at radius 3 is 1.83 bits per heavy atom. The van der Waals surface area contributed by atoms with Gasteiger partial charge in [0.2, 0.25) is 0 Å². The lowest BCUT2D eigenvalue weighted by Gasteiger charge is -2.19. The molecule has 0 saturated carbocycles. The van der Waals surface area contributed by atoms with Crippen LogP contribution < -0.4 is 4.90 Å². The first-order valence-electron chi connectivity index (χ1n) is 5.92. The third-order valence-corrected chi connectivity index (χ3v) is 2.50. The van der Waals surface area contributed by atoms with Crippen LogP contribution in [0.1, 0.15) is 0 Å². The summed E-state index contributed by atoms with van der Waals surface area (Å²) in [6, 6.07) is 20.3. The Balaban J connectivity index is 2.32. The first-order valence-corrected chi connectivity index (χ1v) is 5.92. The third-order valence-electron chi connectivity index (χ3n) is 2.50. The molecule has 2 nitrogen and oxygen atoms in total. The van der Waals surface area contributed by atoms with Gasteiger partial charge in [0.1, 0.15) is 0 Å². The Kier molecular flexibility index (Phi) is 4.31. The maximum Gasteiger partial charge on any atom is 0.0944 e. The molecular weight excluding hydrogens is 220 g/mol. The van der Waals surface area contributed by atoms with Gasteiger partial charge in [0.15, 0.2) is 0 Å². The molecule has 0 fully saturated rings. The van der Waals surface area contributed by atoms with Gasteiger partial charge in [0.05, 0.1) is 12.9 Å². The summed E-state index contributed by atoms with van der Waals surface area (Å²) in [5.74, 6) is 0. The zero-order valence-electron chi connectivity index (χ0n) is 10.2. The van der Waals surface area contributed by atoms with E-state index in [1.165, 1.54) is 0 Å². The van der Waals surface area contributed by atoms with Gasteiger partial charge in [-0.1, -0.05) is 42.5 Å². The van der Waals surface area contributed by atoms with Crippen LogP contribution in [0.3, 0.4) is 0 Å². The lowest BCUT2D eigenvalue weighted by Crippen LogP contribution is -2.14. The van der Waals surface area contributed by atoms with Crippen LogP contribution in [0.2, 0.25) is 0 Å². The van der Waals surface area contributed by atoms with Crippen molar-refractivity contribution in [3.63, 3.8) is 0 Å². The summed E-state index contributed by atoms with van der Waals surface area (Å²) in [5, 5.41) is 0. The summed E-state index contributed by atoms with van der Waals surface area (Å²) in [7, 11) is 0. The first-order chi connectivity index (χ1) is 8.92. The molecule has 0 N–H and O–H groups in total. The van der Waals surface area contributed by atoms with Gasteiger partial charge in [-0.25, -0.2) is 0 Å². The zero-order chi connectivity index (χ0) is 12.6. The van der Waals surface area contributed by atoms with Gasteiger partial charge in [-0.15, -0.1) is 6.58 Å². The van der Waals surface area contributed by atoms with Gasteiger partial charge < -0.3 is 4.90 Å². The maximum absolute atomic E-state index is 4.33. The SMILES string of the molecule is C=CCN=CN(c1ccccc1)c1ccccc1. The number of para-hydroxylation sites is 2. The molecule has 0 heterocycles. The van der Waals surface area contributed by atoms with E-state index in [0.717, 1.165) is 11.4 Å². The van der Waals surface area contributed by atoms with Crippen molar-refractivity contribution in [2.45, 2.75) is 0 Å². The van der Waals surface area contributed by atoms with Crippen molar-refractivity contribution in [3.05, 3.63) is 73.3 Å². The van der Waals surface area contributed by atoms with E-state index in [9.17, 15) is 0 Å². The van der Waals surface area contributed by atoms with Gasteiger partial charge in [-0.2, -0.15) is 0 Å². The molecule has 0 saturated heterocycles. The number of anilines is 2. The van der Waals surface area contributed by atoms with E-state index in [1.807, 2.05) is 42.7 Å². The number of nitrogens with zero attached hydrogens (tertiary/aromatic N) is 2. The van der Waals surface area contributed by atoms with Crippen LogP contribution in [-0.4, -0.2) is 12.9 Å². The fourth-order valence-corrected chi connectivity index (χ4v) is 1.66. The lowest BCUT2D eigenvalue weighted by atomic mass is 10.2. The molecule has 2 aromatic rings. The largest absolute Gasteiger partial charge is 0.301 e. The van der Waals surface area contributed by atoms with E-state index in [4.69, 9.17) is 0 Å². The van der Waals surface area contributed by atoms with Crippen molar-refractivity contribution in [2.75, 3.05) is 11.4 Å². The summed E-state index contributed by atoms with van der Waals surface area (Å²) in [6.07, 6.45) is 3.62. The number of aliphatic imine (C=N–C) groups is 1. The van der Waals surface area contributed by atoms with Gasteiger partial charge >= 0.3 is 0 Å². The van der Waals surface area contributed by atoms with Gasteiger partial charge in [-0.05, 0) is 24.3 Å². The average Bonchev–Trinajstić information content (AvgIpc) is 2.46. The predicted octanol–water partition coefficient (Wildman–Crippen LogP) is 4.04. The van der Waals surface area contributed by atoms with E-state index in [-0.39, 0.29) is 0 Å². The topological polar surface area (TPSA) is 15.6 Å². The molecule has 0 aliphatic heterocycles. The molecule has 0 radical (unpaired) electrons. The zero-order valence-corrected chi connectivity index (χ0v) is 10.2. The summed E-state index contributed by atoms with van der Waals surface area (Å²) < 4.78 is 0. The monoisotopic (exact) mass is 236 g/mol. The smallest absolute Gasteiger partial charge is 0.0944 e. The molecule has 0 atom stereocenters. The minimum atomic E-state index is 0.621. The quantitative estimate of drug-likeness (QED) is 0.434. The third kappa shape index (κ3) is 3.08. The molecule has 90 valence electrons. The van der Waals surface area contributed by atoms with E-state index < -0.39 is 0 Å². The molecule has 2 aromatic carbocycles. The van der Waals surface area contributed by atoms with Crippen LogP contribution in [-0.2, 0) is 0 Å². The van der Waals surface area contributed by atoms with Gasteiger partial charge in [0.25, 0.3) is 0 Å². The fourth-order valence-electron chi connectivity index (χ4n) is 1.66. The molecule has 0 aromatic heterocycles. The summed E-state index contributed by atoms with van der Waals surface area (Å²) in [4.78, 5) is 6.38. The Morgan fingerprint density at radius 2 is 1.39 bits per heavy atom. The van der Waals surface area contributed by atoms with Gasteiger partial charge in [0, 0.05) is 11.4 Å². The molecule has 0 aliphatic rings. The summed E-state index contributed by atoms with van der Waals surface area (Å²) >= 11 is 0. The highest BCUT2D eigenvalue weighted by Gasteiger charge is 2.04. The van der Waals surface area contributed by atoms with Crippen LogP contribution in [0, 0.1) is 0 Å². The standard InChI is InChI=1S/C16H16N2/c1-2-13-17-14-18(15-9-5-3-6-10-15)16-11-7-4-8-12-16/h2-12,14H,1,13H2. The lowest BCUT2D eigenvalue weighted by molar-refractivity contribution is 1.23. The van der Waals surface area contributed by atoms with E-state index in [0.29, 0.717) is 6.54 Å². The molecule has 0 bridgehead atoms. The van der Waals surface area contributed by atoms with Crippen LogP contribution in [0.25, 0.3) is 0 Å². The highest BCUT2D eigenvalue weighted by molar-refractivity contribution is 5.89. The van der Waals surface area contributed by atoms with Crippen LogP contribution in [0.5, 0.6) is 0 Å². The van der Waals surface area contributed by atoms with E-state index in [2.05, 4.69) is 40.7 Å². The highest BCUT2D eigenvalue weighted by atomic mass is 15.2. The molecule has 0 amide bonds. The molecule has 18 heavy (non-hydrogen) atoms. The number of benzene rings is 2. The second-order valence-corrected chi connectivity index (χ2v) is 3.81. The number of hydrogen-bond donors (Lipinski definition) is 0. The maximum atomic E-state index is 4.33. The Morgan fingerprint density at radius 1 is 0.889 bits per heavy atom. The Hall–Kier alpha value is -2.35. The summed E-state index contributed by atoms with van der Waals surface area (Å²) in [5.41, 5.74) is 2.19. The van der Waals surface area contributed by atoms with Crippen molar-refractivity contribution in [2.24, 2.45) is 4.99 Å². The minimum absolute atomic E-state index is 0.621. The van der Waals surface area contributed by atoms with Gasteiger partial charge in [-0.3, -0.25) is 4.99 Å². The second kappa shape index (κ2) is 6.40. The minimum Gasteiger partial charge on any atom is -0.301 e. The van der Waals surface area contributed by atoms with Crippen molar-refractivity contribution in [1.82, 2.24) is 0 Å². The highest BCUT2D eigenvalue weighted by Crippen LogP contribution is 2.22. The average molecular weight is 236 g/mol. The van der Waals surface area contributed by atoms with Crippen LogP contribution in [0.4, 0.5) is 11.4 Å². The van der Waals surface area contributed by atoms with Crippen molar-refractivity contribution in [1.29, 1.82) is 0 Å². The predicted molar refractivity (Wildman–Crippen MR) is 78.6 cm³/mol. The van der Waals surface area contributed by atoms with E-state index in [1.54, 1.807) is 6.08 Å². The van der Waals surface area contributed by atoms with Crippen molar-refractivity contribution < 1.29 is 0 Å². The second-order valence-electron chi connectivity index (χ2n) is 3.81. The van der Waals surface area contributed by atoms with Crippen LogP contribution >= 0.6 is 0 Å².